The van der Waals surface area contributed by atoms with Gasteiger partial charge in [0, 0.05) is 46.3 Å². The molecule has 1 aromatic carbocycles. The highest BCUT2D eigenvalue weighted by molar-refractivity contribution is 6.06. The first-order chi connectivity index (χ1) is 15.7. The van der Waals surface area contributed by atoms with Gasteiger partial charge in [-0.2, -0.15) is 0 Å². The highest BCUT2D eigenvalue weighted by Gasteiger charge is 2.58. The van der Waals surface area contributed by atoms with Crippen molar-refractivity contribution in [2.24, 2.45) is 28.7 Å². The first-order valence-corrected chi connectivity index (χ1v) is 11.9. The molecule has 0 aromatic heterocycles. The predicted octanol–water partition coefficient (Wildman–Crippen LogP) is 1.41. The molecule has 0 radical (unpaired) electrons. The van der Waals surface area contributed by atoms with Gasteiger partial charge in [0.05, 0.1) is 11.8 Å². The van der Waals surface area contributed by atoms with Crippen LogP contribution in [0.4, 0.5) is 0 Å². The summed E-state index contributed by atoms with van der Waals surface area (Å²) in [6.45, 7) is 4.94. The zero-order chi connectivity index (χ0) is 22.1. The topological polar surface area (TPSA) is 77.0 Å². The van der Waals surface area contributed by atoms with Gasteiger partial charge in [-0.1, -0.05) is 36.4 Å². The standard InChI is InChI=1S/C25H33N5O2/c1-26-25(27-10-4-12-29-13-9-17-5-2-3-6-20(17)16-29)28-11-14-30-23(31)21-18-7-8-19(15-18)22(21)24(30)32/h2-3,5-8,18-19,21-22H,4,9-16H2,1H3,(H2,26,27,28). The maximum Gasteiger partial charge on any atom is 0.233 e. The molecular formula is C25H33N5O2. The third-order valence-electron chi connectivity index (χ3n) is 7.57. The molecule has 4 atom stereocenters. The van der Waals surface area contributed by atoms with Crippen molar-refractivity contribution in [3.8, 4) is 0 Å². The van der Waals surface area contributed by atoms with E-state index in [2.05, 4.69) is 56.9 Å². The lowest BCUT2D eigenvalue weighted by atomic mass is 9.85. The Labute approximate surface area is 189 Å². The van der Waals surface area contributed by atoms with Crippen LogP contribution in [0.15, 0.2) is 41.4 Å². The van der Waals surface area contributed by atoms with Gasteiger partial charge in [0.25, 0.3) is 0 Å². The lowest BCUT2D eigenvalue weighted by Gasteiger charge is -2.28. The largest absolute Gasteiger partial charge is 0.356 e. The molecule has 0 spiro atoms. The fourth-order valence-electron chi connectivity index (χ4n) is 5.95. The van der Waals surface area contributed by atoms with E-state index in [-0.39, 0.29) is 35.5 Å². The molecule has 4 unspecified atom stereocenters. The Morgan fingerprint density at radius 1 is 1.00 bits per heavy atom. The molecule has 2 aliphatic carbocycles. The van der Waals surface area contributed by atoms with Crippen LogP contribution in [0.3, 0.4) is 0 Å². The number of hydrogen-bond acceptors (Lipinski definition) is 4. The minimum Gasteiger partial charge on any atom is -0.356 e. The third kappa shape index (κ3) is 3.94. The first kappa shape index (κ1) is 21.2. The molecule has 2 bridgehead atoms. The smallest absolute Gasteiger partial charge is 0.233 e. The number of carbonyl (C=O) groups excluding carboxylic acids is 2. The number of nitrogens with one attached hydrogen (secondary N) is 2. The van der Waals surface area contributed by atoms with E-state index in [1.807, 2.05) is 0 Å². The minimum absolute atomic E-state index is 0.0182. The first-order valence-electron chi connectivity index (χ1n) is 11.9. The number of amides is 2. The number of nitrogens with zero attached hydrogens (tertiary/aromatic N) is 3. The molecule has 2 aliphatic heterocycles. The highest BCUT2D eigenvalue weighted by Crippen LogP contribution is 2.52. The molecule has 7 heteroatoms. The van der Waals surface area contributed by atoms with Gasteiger partial charge in [-0.25, -0.2) is 0 Å². The molecule has 1 saturated carbocycles. The van der Waals surface area contributed by atoms with Crippen molar-refractivity contribution in [2.45, 2.75) is 25.8 Å². The molecule has 7 nitrogen and oxygen atoms in total. The van der Waals surface area contributed by atoms with Crippen molar-refractivity contribution in [1.29, 1.82) is 0 Å². The normalized spacial score (nSPS) is 28.9. The van der Waals surface area contributed by atoms with Gasteiger partial charge in [-0.05, 0) is 42.2 Å². The summed E-state index contributed by atoms with van der Waals surface area (Å²) in [4.78, 5) is 33.8. The Bertz CT molecular complexity index is 912. The summed E-state index contributed by atoms with van der Waals surface area (Å²) in [5, 5.41) is 6.61. The van der Waals surface area contributed by atoms with Gasteiger partial charge in [0.15, 0.2) is 5.96 Å². The van der Waals surface area contributed by atoms with Gasteiger partial charge in [0.1, 0.15) is 0 Å². The molecule has 5 rings (SSSR count). The Morgan fingerprint density at radius 2 is 1.69 bits per heavy atom. The van der Waals surface area contributed by atoms with Crippen LogP contribution >= 0.6 is 0 Å². The van der Waals surface area contributed by atoms with E-state index in [4.69, 9.17) is 0 Å². The van der Waals surface area contributed by atoms with Gasteiger partial charge in [-0.3, -0.25) is 24.4 Å². The quantitative estimate of drug-likeness (QED) is 0.223. The van der Waals surface area contributed by atoms with Crippen LogP contribution in [0, 0.1) is 23.7 Å². The number of aliphatic imine (C=N–C) groups is 1. The van der Waals surface area contributed by atoms with Crippen LogP contribution in [-0.4, -0.2) is 67.3 Å². The molecule has 2 fully saturated rings. The number of likely N-dealkylation sites (tertiary alicyclic amines) is 1. The van der Waals surface area contributed by atoms with Gasteiger partial charge in [0.2, 0.25) is 11.8 Å². The van der Waals surface area contributed by atoms with E-state index in [1.165, 1.54) is 16.0 Å². The van der Waals surface area contributed by atoms with Gasteiger partial charge in [-0.15, -0.1) is 0 Å². The molecule has 1 saturated heterocycles. The molecule has 1 aromatic rings. The number of carbonyl (C=O) groups is 2. The average molecular weight is 436 g/mol. The molecule has 170 valence electrons. The average Bonchev–Trinajstić information content (AvgIpc) is 3.50. The van der Waals surface area contributed by atoms with Gasteiger partial charge >= 0.3 is 0 Å². The van der Waals surface area contributed by atoms with Crippen molar-refractivity contribution in [1.82, 2.24) is 20.4 Å². The summed E-state index contributed by atoms with van der Waals surface area (Å²) in [5.41, 5.74) is 2.93. The van der Waals surface area contributed by atoms with Crippen LogP contribution in [0.25, 0.3) is 0 Å². The molecule has 2 heterocycles. The number of hydrogen-bond donors (Lipinski definition) is 2. The second kappa shape index (κ2) is 9.06. The van der Waals surface area contributed by atoms with Crippen molar-refractivity contribution in [2.75, 3.05) is 39.8 Å². The Balaban J connectivity index is 1.01. The second-order valence-corrected chi connectivity index (χ2v) is 9.40. The monoisotopic (exact) mass is 435 g/mol. The van der Waals surface area contributed by atoms with E-state index in [0.29, 0.717) is 13.1 Å². The number of rotatable bonds is 7. The number of fused-ring (bicyclic) bond motifs is 6. The van der Waals surface area contributed by atoms with E-state index < -0.39 is 0 Å². The molecule has 4 aliphatic rings. The Hall–Kier alpha value is -2.67. The second-order valence-electron chi connectivity index (χ2n) is 9.40. The Kier molecular flexibility index (Phi) is 6.00. The maximum atomic E-state index is 12.8. The molecular weight excluding hydrogens is 402 g/mol. The van der Waals surface area contributed by atoms with Crippen LogP contribution < -0.4 is 10.6 Å². The SMILES string of the molecule is CN=C(NCCCN1CCc2ccccc2C1)NCCN1C(=O)C2C3C=CC(C3)C2C1=O. The summed E-state index contributed by atoms with van der Waals surface area (Å²) in [6.07, 6.45) is 7.39. The van der Waals surface area contributed by atoms with Crippen LogP contribution in [-0.2, 0) is 22.6 Å². The van der Waals surface area contributed by atoms with Crippen molar-refractivity contribution in [3.05, 3.63) is 47.5 Å². The number of benzene rings is 1. The number of imide groups is 1. The van der Waals surface area contributed by atoms with E-state index in [1.54, 1.807) is 7.05 Å². The summed E-state index contributed by atoms with van der Waals surface area (Å²) >= 11 is 0. The van der Waals surface area contributed by atoms with Crippen LogP contribution in [0.2, 0.25) is 0 Å². The zero-order valence-electron chi connectivity index (χ0n) is 18.8. The predicted molar refractivity (Wildman–Crippen MR) is 124 cm³/mol. The highest BCUT2D eigenvalue weighted by atomic mass is 16.2. The van der Waals surface area contributed by atoms with Gasteiger partial charge < -0.3 is 10.6 Å². The fourth-order valence-corrected chi connectivity index (χ4v) is 5.95. The van der Waals surface area contributed by atoms with Crippen LogP contribution in [0.1, 0.15) is 24.0 Å². The molecule has 2 N–H and O–H groups in total. The van der Waals surface area contributed by atoms with Crippen molar-refractivity contribution in [3.63, 3.8) is 0 Å². The van der Waals surface area contributed by atoms with E-state index >= 15 is 0 Å². The number of allylic oxidation sites excluding steroid dienone is 2. The van der Waals surface area contributed by atoms with E-state index in [0.717, 1.165) is 51.4 Å². The third-order valence-corrected chi connectivity index (χ3v) is 7.57. The zero-order valence-corrected chi connectivity index (χ0v) is 18.8. The molecule has 32 heavy (non-hydrogen) atoms. The van der Waals surface area contributed by atoms with E-state index in [9.17, 15) is 9.59 Å². The van der Waals surface area contributed by atoms with Crippen molar-refractivity contribution >= 4 is 17.8 Å². The Morgan fingerprint density at radius 3 is 2.41 bits per heavy atom. The van der Waals surface area contributed by atoms with Crippen LogP contribution in [0.5, 0.6) is 0 Å². The summed E-state index contributed by atoms with van der Waals surface area (Å²) in [7, 11) is 1.75. The maximum absolute atomic E-state index is 12.8. The molecule has 2 amide bonds. The minimum atomic E-state index is -0.114. The number of guanidine groups is 1. The lowest BCUT2D eigenvalue weighted by Crippen LogP contribution is -2.44. The lowest BCUT2D eigenvalue weighted by molar-refractivity contribution is -0.140. The summed E-state index contributed by atoms with van der Waals surface area (Å²) < 4.78 is 0. The fraction of sp³-hybridized carbons (Fsp3) is 0.560. The summed E-state index contributed by atoms with van der Waals surface area (Å²) in [6, 6.07) is 8.71. The van der Waals surface area contributed by atoms with Crippen molar-refractivity contribution < 1.29 is 9.59 Å². The summed E-state index contributed by atoms with van der Waals surface area (Å²) in [5.74, 6) is 1.06.